The molecule has 1 fully saturated rings. The second kappa shape index (κ2) is 3.80. The van der Waals surface area contributed by atoms with Gasteiger partial charge in [0.05, 0.1) is 0 Å². The monoisotopic (exact) mass is 223 g/mol. The standard InChI is InChI=1S/C13H17N.ClH/c1-13-11(6-4-8-14-13)9-10-5-2-3-7-12(10)13;/h2-3,5,7,11,14H,4,6,8-9H2,1H3;1H/t11-,13-;/m0./s1. The highest BCUT2D eigenvalue weighted by Crippen LogP contribution is 2.44. The minimum atomic E-state index is 0. The molecule has 82 valence electrons. The Morgan fingerprint density at radius 2 is 2.13 bits per heavy atom. The minimum Gasteiger partial charge on any atom is -0.307 e. The molecule has 0 amide bonds. The molecule has 15 heavy (non-hydrogen) atoms. The van der Waals surface area contributed by atoms with Crippen LogP contribution in [0.5, 0.6) is 0 Å². The van der Waals surface area contributed by atoms with Gasteiger partial charge in [-0.1, -0.05) is 24.3 Å². The molecule has 2 atom stereocenters. The molecule has 1 aromatic carbocycles. The molecule has 0 unspecified atom stereocenters. The number of nitrogens with one attached hydrogen (secondary N) is 1. The zero-order valence-electron chi connectivity index (χ0n) is 9.12. The topological polar surface area (TPSA) is 12.0 Å². The Bertz CT molecular complexity index is 363. The van der Waals surface area contributed by atoms with Crippen molar-refractivity contribution in [2.24, 2.45) is 5.92 Å². The number of rotatable bonds is 0. The Hall–Kier alpha value is -0.530. The maximum Gasteiger partial charge on any atom is 0.0440 e. The van der Waals surface area contributed by atoms with E-state index in [4.69, 9.17) is 0 Å². The van der Waals surface area contributed by atoms with Gasteiger partial charge in [-0.3, -0.25) is 0 Å². The number of hydrogen-bond donors (Lipinski definition) is 1. The van der Waals surface area contributed by atoms with Gasteiger partial charge in [0, 0.05) is 5.54 Å². The van der Waals surface area contributed by atoms with Gasteiger partial charge in [0.25, 0.3) is 0 Å². The zero-order valence-corrected chi connectivity index (χ0v) is 9.94. The molecule has 0 spiro atoms. The second-order valence-corrected chi connectivity index (χ2v) is 4.83. The van der Waals surface area contributed by atoms with Crippen molar-refractivity contribution < 1.29 is 0 Å². The van der Waals surface area contributed by atoms with Gasteiger partial charge in [-0.15, -0.1) is 12.4 Å². The summed E-state index contributed by atoms with van der Waals surface area (Å²) in [5.41, 5.74) is 3.38. The van der Waals surface area contributed by atoms with Crippen LogP contribution in [-0.4, -0.2) is 6.54 Å². The van der Waals surface area contributed by atoms with Crippen molar-refractivity contribution in [3.05, 3.63) is 35.4 Å². The lowest BCUT2D eigenvalue weighted by Crippen LogP contribution is -2.47. The van der Waals surface area contributed by atoms with Gasteiger partial charge in [0.1, 0.15) is 0 Å². The zero-order chi connectivity index (χ0) is 9.60. The van der Waals surface area contributed by atoms with E-state index in [0.29, 0.717) is 0 Å². The molecule has 0 bridgehead atoms. The van der Waals surface area contributed by atoms with Crippen molar-refractivity contribution in [3.8, 4) is 0 Å². The summed E-state index contributed by atoms with van der Waals surface area (Å²) in [7, 11) is 0. The number of piperidine rings is 1. The van der Waals surface area contributed by atoms with E-state index >= 15 is 0 Å². The molecule has 1 nitrogen and oxygen atoms in total. The Morgan fingerprint density at radius 1 is 1.33 bits per heavy atom. The van der Waals surface area contributed by atoms with E-state index in [0.717, 1.165) is 5.92 Å². The average molecular weight is 224 g/mol. The number of halogens is 1. The minimum absolute atomic E-state index is 0. The highest BCUT2D eigenvalue weighted by Gasteiger charge is 2.43. The smallest absolute Gasteiger partial charge is 0.0440 e. The summed E-state index contributed by atoms with van der Waals surface area (Å²) in [6.45, 7) is 3.56. The Labute approximate surface area is 97.7 Å². The first-order valence-corrected chi connectivity index (χ1v) is 5.64. The fraction of sp³-hybridized carbons (Fsp3) is 0.538. The molecule has 3 rings (SSSR count). The van der Waals surface area contributed by atoms with Gasteiger partial charge in [-0.25, -0.2) is 0 Å². The van der Waals surface area contributed by atoms with Crippen LogP contribution in [0.15, 0.2) is 24.3 Å². The first-order chi connectivity index (χ1) is 6.81. The Kier molecular flexibility index (Phi) is 2.78. The van der Waals surface area contributed by atoms with E-state index in [-0.39, 0.29) is 17.9 Å². The summed E-state index contributed by atoms with van der Waals surface area (Å²) in [6.07, 6.45) is 4.01. The number of fused-ring (bicyclic) bond motifs is 3. The van der Waals surface area contributed by atoms with Crippen LogP contribution in [0.3, 0.4) is 0 Å². The number of hydrogen-bond acceptors (Lipinski definition) is 1. The summed E-state index contributed by atoms with van der Waals surface area (Å²) < 4.78 is 0. The van der Waals surface area contributed by atoms with Crippen LogP contribution in [0.25, 0.3) is 0 Å². The summed E-state index contributed by atoms with van der Waals surface area (Å²) in [5, 5.41) is 3.71. The van der Waals surface area contributed by atoms with E-state index in [1.807, 2.05) is 0 Å². The Balaban J connectivity index is 0.000000853. The SMILES string of the molecule is C[C@]12NCCC[C@H]1Cc1ccccc12.Cl. The van der Waals surface area contributed by atoms with Crippen LogP contribution in [-0.2, 0) is 12.0 Å². The average Bonchev–Trinajstić information content (AvgIpc) is 2.51. The van der Waals surface area contributed by atoms with E-state index in [1.54, 1.807) is 11.1 Å². The van der Waals surface area contributed by atoms with Crippen molar-refractivity contribution in [2.75, 3.05) is 6.54 Å². The first kappa shape index (κ1) is 11.0. The highest BCUT2D eigenvalue weighted by molar-refractivity contribution is 5.85. The van der Waals surface area contributed by atoms with Crippen LogP contribution >= 0.6 is 12.4 Å². The van der Waals surface area contributed by atoms with Crippen LogP contribution in [0.2, 0.25) is 0 Å². The molecule has 0 aromatic heterocycles. The Morgan fingerprint density at radius 3 is 3.00 bits per heavy atom. The van der Waals surface area contributed by atoms with Crippen molar-refractivity contribution in [1.82, 2.24) is 5.32 Å². The summed E-state index contributed by atoms with van der Waals surface area (Å²) in [4.78, 5) is 0. The van der Waals surface area contributed by atoms with E-state index < -0.39 is 0 Å². The summed E-state index contributed by atoms with van der Waals surface area (Å²) in [6, 6.07) is 8.93. The largest absolute Gasteiger partial charge is 0.307 e. The first-order valence-electron chi connectivity index (χ1n) is 5.64. The molecular formula is C13H18ClN. The van der Waals surface area contributed by atoms with Gasteiger partial charge >= 0.3 is 0 Å². The van der Waals surface area contributed by atoms with Crippen molar-refractivity contribution in [2.45, 2.75) is 31.7 Å². The molecule has 1 aliphatic heterocycles. The second-order valence-electron chi connectivity index (χ2n) is 4.83. The predicted octanol–water partition coefficient (Wildman–Crippen LogP) is 2.88. The lowest BCUT2D eigenvalue weighted by atomic mass is 9.80. The maximum atomic E-state index is 3.71. The van der Waals surface area contributed by atoms with Gasteiger partial charge in [0.15, 0.2) is 0 Å². The summed E-state index contributed by atoms with van der Waals surface area (Å²) >= 11 is 0. The van der Waals surface area contributed by atoms with Gasteiger partial charge in [-0.2, -0.15) is 0 Å². The fourth-order valence-electron chi connectivity index (χ4n) is 3.22. The van der Waals surface area contributed by atoms with Crippen molar-refractivity contribution >= 4 is 12.4 Å². The number of benzene rings is 1. The predicted molar refractivity (Wildman–Crippen MR) is 65.5 cm³/mol. The molecule has 1 aromatic rings. The van der Waals surface area contributed by atoms with Crippen LogP contribution in [0.1, 0.15) is 30.9 Å². The van der Waals surface area contributed by atoms with Crippen LogP contribution < -0.4 is 5.32 Å². The molecule has 1 aliphatic carbocycles. The molecular weight excluding hydrogens is 206 g/mol. The summed E-state index contributed by atoms with van der Waals surface area (Å²) in [5.74, 6) is 0.827. The third-order valence-corrected chi connectivity index (χ3v) is 4.08. The van der Waals surface area contributed by atoms with Crippen molar-refractivity contribution in [1.29, 1.82) is 0 Å². The van der Waals surface area contributed by atoms with E-state index in [2.05, 4.69) is 36.5 Å². The van der Waals surface area contributed by atoms with E-state index in [1.165, 1.54) is 25.8 Å². The van der Waals surface area contributed by atoms with Crippen molar-refractivity contribution in [3.63, 3.8) is 0 Å². The molecule has 1 saturated heterocycles. The molecule has 1 heterocycles. The lowest BCUT2D eigenvalue weighted by Gasteiger charge is -2.38. The van der Waals surface area contributed by atoms with Gasteiger partial charge in [-0.05, 0) is 49.8 Å². The van der Waals surface area contributed by atoms with E-state index in [9.17, 15) is 0 Å². The molecule has 2 heteroatoms. The molecule has 0 radical (unpaired) electrons. The molecule has 1 N–H and O–H groups in total. The molecule has 0 saturated carbocycles. The lowest BCUT2D eigenvalue weighted by molar-refractivity contribution is 0.197. The third kappa shape index (κ3) is 1.49. The normalized spacial score (nSPS) is 32.7. The van der Waals surface area contributed by atoms with Crippen LogP contribution in [0.4, 0.5) is 0 Å². The third-order valence-electron chi connectivity index (χ3n) is 4.08. The molecule has 2 aliphatic rings. The maximum absolute atomic E-state index is 3.71. The fourth-order valence-corrected chi connectivity index (χ4v) is 3.22. The van der Waals surface area contributed by atoms with Crippen LogP contribution in [0, 0.1) is 5.92 Å². The quantitative estimate of drug-likeness (QED) is 0.713. The van der Waals surface area contributed by atoms with Gasteiger partial charge < -0.3 is 5.32 Å². The highest BCUT2D eigenvalue weighted by atomic mass is 35.5. The van der Waals surface area contributed by atoms with Gasteiger partial charge in [0.2, 0.25) is 0 Å².